The van der Waals surface area contributed by atoms with Gasteiger partial charge in [0.15, 0.2) is 0 Å². The molecule has 2 N–H and O–H groups in total. The van der Waals surface area contributed by atoms with Crippen LogP contribution in [-0.4, -0.2) is 71.2 Å². The minimum absolute atomic E-state index is 0.260. The smallest absolute Gasteiger partial charge is 0.0589 e. The summed E-state index contributed by atoms with van der Waals surface area (Å²) in [4.78, 5) is 2.34. The fourth-order valence-electron chi connectivity index (χ4n) is 2.07. The standard InChI is InChI=1S/C12H26N2O3/c1-15-7-4-14(5-8-16-2)9-11-10-17-6-3-12(11)13/h11-12H,3-10,13H2,1-2H3. The SMILES string of the molecule is COCCN(CCOC)CC1COCCC1N. The second-order valence-electron chi connectivity index (χ2n) is 4.57. The van der Waals surface area contributed by atoms with Crippen LogP contribution in [-0.2, 0) is 14.2 Å². The van der Waals surface area contributed by atoms with E-state index in [9.17, 15) is 0 Å². The molecule has 0 aliphatic carbocycles. The van der Waals surface area contributed by atoms with E-state index in [1.54, 1.807) is 14.2 Å². The van der Waals surface area contributed by atoms with E-state index >= 15 is 0 Å². The van der Waals surface area contributed by atoms with Crippen molar-refractivity contribution in [2.75, 3.05) is 60.3 Å². The molecule has 0 bridgehead atoms. The maximum absolute atomic E-state index is 6.12. The molecule has 17 heavy (non-hydrogen) atoms. The van der Waals surface area contributed by atoms with Gasteiger partial charge in [-0.25, -0.2) is 0 Å². The van der Waals surface area contributed by atoms with Crippen molar-refractivity contribution in [3.63, 3.8) is 0 Å². The van der Waals surface area contributed by atoms with Crippen LogP contribution < -0.4 is 5.73 Å². The van der Waals surface area contributed by atoms with E-state index < -0.39 is 0 Å². The maximum atomic E-state index is 6.12. The molecule has 0 amide bonds. The molecule has 5 nitrogen and oxygen atoms in total. The zero-order valence-corrected chi connectivity index (χ0v) is 11.1. The van der Waals surface area contributed by atoms with E-state index in [-0.39, 0.29) is 6.04 Å². The molecule has 0 aromatic carbocycles. The summed E-state index contributed by atoms with van der Waals surface area (Å²) in [7, 11) is 3.45. The summed E-state index contributed by atoms with van der Waals surface area (Å²) in [5.41, 5.74) is 6.12. The van der Waals surface area contributed by atoms with Gasteiger partial charge in [-0.1, -0.05) is 0 Å². The van der Waals surface area contributed by atoms with Crippen molar-refractivity contribution in [2.45, 2.75) is 12.5 Å². The molecule has 0 radical (unpaired) electrons. The van der Waals surface area contributed by atoms with E-state index in [1.807, 2.05) is 0 Å². The lowest BCUT2D eigenvalue weighted by Crippen LogP contribution is -2.46. The third-order valence-electron chi connectivity index (χ3n) is 3.25. The summed E-state index contributed by atoms with van der Waals surface area (Å²) in [5.74, 6) is 0.428. The molecule has 0 spiro atoms. The Labute approximate surface area is 104 Å². The number of ether oxygens (including phenoxy) is 3. The van der Waals surface area contributed by atoms with Crippen LogP contribution in [0.4, 0.5) is 0 Å². The van der Waals surface area contributed by atoms with Gasteiger partial charge in [0.2, 0.25) is 0 Å². The number of nitrogens with two attached hydrogens (primary N) is 1. The molecule has 1 aliphatic heterocycles. The Bertz CT molecular complexity index is 185. The first kappa shape index (κ1) is 14.9. The largest absolute Gasteiger partial charge is 0.383 e. The fraction of sp³-hybridized carbons (Fsp3) is 1.00. The van der Waals surface area contributed by atoms with E-state index in [0.717, 1.165) is 52.5 Å². The predicted molar refractivity (Wildman–Crippen MR) is 67.1 cm³/mol. The second-order valence-corrected chi connectivity index (χ2v) is 4.57. The topological polar surface area (TPSA) is 57.0 Å². The van der Waals surface area contributed by atoms with Crippen molar-refractivity contribution < 1.29 is 14.2 Å². The van der Waals surface area contributed by atoms with Crippen molar-refractivity contribution in [3.8, 4) is 0 Å². The predicted octanol–water partition coefficient (Wildman–Crippen LogP) is -0.0550. The van der Waals surface area contributed by atoms with Gasteiger partial charge in [0.1, 0.15) is 0 Å². The fourth-order valence-corrected chi connectivity index (χ4v) is 2.07. The molecule has 1 rings (SSSR count). The Hall–Kier alpha value is -0.200. The Balaban J connectivity index is 2.33. The van der Waals surface area contributed by atoms with E-state index in [0.29, 0.717) is 5.92 Å². The van der Waals surface area contributed by atoms with Crippen LogP contribution in [0, 0.1) is 5.92 Å². The first-order valence-electron chi connectivity index (χ1n) is 6.31. The molecule has 0 aromatic rings. The highest BCUT2D eigenvalue weighted by molar-refractivity contribution is 4.79. The first-order chi connectivity index (χ1) is 8.27. The number of methoxy groups -OCH3 is 2. The lowest BCUT2D eigenvalue weighted by Gasteiger charge is -2.33. The quantitative estimate of drug-likeness (QED) is 0.650. The molecule has 2 atom stereocenters. The van der Waals surface area contributed by atoms with Gasteiger partial charge in [-0.05, 0) is 6.42 Å². The highest BCUT2D eigenvalue weighted by atomic mass is 16.5. The van der Waals surface area contributed by atoms with E-state index in [2.05, 4.69) is 4.90 Å². The van der Waals surface area contributed by atoms with Crippen molar-refractivity contribution in [3.05, 3.63) is 0 Å². The Kier molecular flexibility index (Phi) is 7.72. The zero-order valence-electron chi connectivity index (χ0n) is 11.1. The number of hydrogen-bond donors (Lipinski definition) is 1. The minimum atomic E-state index is 0.260. The van der Waals surface area contributed by atoms with E-state index in [1.165, 1.54) is 0 Å². The molecule has 0 saturated carbocycles. The monoisotopic (exact) mass is 246 g/mol. The highest BCUT2D eigenvalue weighted by Crippen LogP contribution is 2.14. The van der Waals surface area contributed by atoms with Crippen LogP contribution in [0.25, 0.3) is 0 Å². The molecule has 5 heteroatoms. The highest BCUT2D eigenvalue weighted by Gasteiger charge is 2.24. The third kappa shape index (κ3) is 5.79. The summed E-state index contributed by atoms with van der Waals surface area (Å²) in [6.07, 6.45) is 0.965. The summed E-state index contributed by atoms with van der Waals surface area (Å²) in [6, 6.07) is 0.260. The number of hydrogen-bond acceptors (Lipinski definition) is 5. The van der Waals surface area contributed by atoms with Gasteiger partial charge >= 0.3 is 0 Å². The van der Waals surface area contributed by atoms with Gasteiger partial charge in [-0.3, -0.25) is 4.90 Å². The van der Waals surface area contributed by atoms with Gasteiger partial charge in [-0.2, -0.15) is 0 Å². The average molecular weight is 246 g/mol. The van der Waals surface area contributed by atoms with Gasteiger partial charge in [-0.15, -0.1) is 0 Å². The Morgan fingerprint density at radius 1 is 1.24 bits per heavy atom. The van der Waals surface area contributed by atoms with E-state index in [4.69, 9.17) is 19.9 Å². The Morgan fingerprint density at radius 2 is 1.88 bits per heavy atom. The minimum Gasteiger partial charge on any atom is -0.383 e. The molecule has 1 aliphatic rings. The summed E-state index contributed by atoms with van der Waals surface area (Å²) in [6.45, 7) is 5.87. The maximum Gasteiger partial charge on any atom is 0.0589 e. The van der Waals surface area contributed by atoms with Crippen molar-refractivity contribution in [1.82, 2.24) is 4.90 Å². The molecular weight excluding hydrogens is 220 g/mol. The van der Waals surface area contributed by atoms with Crippen LogP contribution in [0.5, 0.6) is 0 Å². The van der Waals surface area contributed by atoms with Crippen molar-refractivity contribution in [2.24, 2.45) is 11.7 Å². The van der Waals surface area contributed by atoms with Gasteiger partial charge in [0.05, 0.1) is 19.8 Å². The normalized spacial score (nSPS) is 25.4. The second kappa shape index (κ2) is 8.83. The van der Waals surface area contributed by atoms with Crippen LogP contribution in [0.15, 0.2) is 0 Å². The van der Waals surface area contributed by atoms with Crippen molar-refractivity contribution in [1.29, 1.82) is 0 Å². The molecule has 0 aromatic heterocycles. The molecule has 102 valence electrons. The van der Waals surface area contributed by atoms with Crippen LogP contribution >= 0.6 is 0 Å². The molecular formula is C12H26N2O3. The van der Waals surface area contributed by atoms with Crippen LogP contribution in [0.2, 0.25) is 0 Å². The molecule has 1 heterocycles. The van der Waals surface area contributed by atoms with Crippen LogP contribution in [0.1, 0.15) is 6.42 Å². The molecule has 1 fully saturated rings. The lowest BCUT2D eigenvalue weighted by molar-refractivity contribution is 0.0180. The van der Waals surface area contributed by atoms with Gasteiger partial charge in [0, 0.05) is 52.4 Å². The number of nitrogens with zero attached hydrogens (tertiary/aromatic N) is 1. The van der Waals surface area contributed by atoms with Crippen LogP contribution in [0.3, 0.4) is 0 Å². The first-order valence-corrected chi connectivity index (χ1v) is 6.31. The lowest BCUT2D eigenvalue weighted by atomic mass is 9.96. The molecule has 2 unspecified atom stereocenters. The summed E-state index contributed by atoms with van der Waals surface area (Å²) >= 11 is 0. The Morgan fingerprint density at radius 3 is 2.41 bits per heavy atom. The average Bonchev–Trinajstić information content (AvgIpc) is 2.35. The van der Waals surface area contributed by atoms with Gasteiger partial charge in [0.25, 0.3) is 0 Å². The third-order valence-corrected chi connectivity index (χ3v) is 3.25. The number of rotatable bonds is 8. The zero-order chi connectivity index (χ0) is 12.5. The summed E-state index contributed by atoms with van der Waals surface area (Å²) < 4.78 is 15.7. The molecule has 1 saturated heterocycles. The van der Waals surface area contributed by atoms with Crippen molar-refractivity contribution >= 4 is 0 Å². The van der Waals surface area contributed by atoms with Gasteiger partial charge < -0.3 is 19.9 Å². The summed E-state index contributed by atoms with van der Waals surface area (Å²) in [5, 5.41) is 0.